The van der Waals surface area contributed by atoms with Gasteiger partial charge in [-0.05, 0) is 36.4 Å². The van der Waals surface area contributed by atoms with E-state index in [0.29, 0.717) is 11.3 Å². The SMILES string of the molecule is N#C/C(=C/c1ccc(-c2ccc(C(=O)O)c(Cl)c2)o1)C(=O)Nc1ccccc1F. The number of rotatable bonds is 5. The van der Waals surface area contributed by atoms with Gasteiger partial charge in [-0.25, -0.2) is 9.18 Å². The van der Waals surface area contributed by atoms with Gasteiger partial charge >= 0.3 is 5.97 Å². The summed E-state index contributed by atoms with van der Waals surface area (Å²) in [5, 5.41) is 20.7. The number of halogens is 2. The number of carbonyl (C=O) groups excluding carboxylic acids is 1. The third-order valence-electron chi connectivity index (χ3n) is 3.88. The fraction of sp³-hybridized carbons (Fsp3) is 0. The van der Waals surface area contributed by atoms with Crippen LogP contribution in [0.2, 0.25) is 5.02 Å². The van der Waals surface area contributed by atoms with Crippen molar-refractivity contribution in [3.63, 3.8) is 0 Å². The van der Waals surface area contributed by atoms with Gasteiger partial charge in [0.15, 0.2) is 0 Å². The van der Waals surface area contributed by atoms with Gasteiger partial charge in [0, 0.05) is 11.6 Å². The second kappa shape index (κ2) is 8.42. The Morgan fingerprint density at radius 1 is 1.17 bits per heavy atom. The fourth-order valence-corrected chi connectivity index (χ4v) is 2.73. The van der Waals surface area contributed by atoms with Crippen LogP contribution in [-0.2, 0) is 4.79 Å². The second-order valence-electron chi connectivity index (χ2n) is 5.81. The number of amides is 1. The molecule has 0 aliphatic heterocycles. The molecule has 2 aromatic carbocycles. The first kappa shape index (κ1) is 19.9. The number of carbonyl (C=O) groups is 2. The van der Waals surface area contributed by atoms with Crippen LogP contribution in [0, 0.1) is 17.1 Å². The Morgan fingerprint density at radius 3 is 2.59 bits per heavy atom. The highest BCUT2D eigenvalue weighted by molar-refractivity contribution is 6.33. The number of nitrogens with one attached hydrogen (secondary N) is 1. The van der Waals surface area contributed by atoms with Crippen LogP contribution in [0.25, 0.3) is 17.4 Å². The molecular formula is C21H12ClFN2O4. The Balaban J connectivity index is 1.83. The monoisotopic (exact) mass is 410 g/mol. The highest BCUT2D eigenvalue weighted by Gasteiger charge is 2.14. The standard InChI is InChI=1S/C21H12ClFN2O4/c22-16-10-12(5-7-15(16)21(27)28)19-8-6-14(29-19)9-13(11-24)20(26)25-18-4-2-1-3-17(18)23/h1-10H,(H,25,26)(H,27,28)/b13-9-. The molecule has 0 atom stereocenters. The summed E-state index contributed by atoms with van der Waals surface area (Å²) >= 11 is 5.96. The number of furan rings is 1. The minimum absolute atomic E-state index is 0.0429. The maximum absolute atomic E-state index is 13.7. The quantitative estimate of drug-likeness (QED) is 0.456. The molecule has 0 spiro atoms. The summed E-state index contributed by atoms with van der Waals surface area (Å²) in [7, 11) is 0. The van der Waals surface area contributed by atoms with Gasteiger partial charge in [-0.2, -0.15) is 5.26 Å². The number of carboxylic acid groups (broad SMARTS) is 1. The van der Waals surface area contributed by atoms with E-state index in [0.717, 1.165) is 0 Å². The van der Waals surface area contributed by atoms with Crippen molar-refractivity contribution in [1.29, 1.82) is 5.26 Å². The average molecular weight is 411 g/mol. The van der Waals surface area contributed by atoms with Crippen molar-refractivity contribution in [3.8, 4) is 17.4 Å². The van der Waals surface area contributed by atoms with Crippen LogP contribution >= 0.6 is 11.6 Å². The van der Waals surface area contributed by atoms with Gasteiger partial charge in [-0.1, -0.05) is 29.8 Å². The van der Waals surface area contributed by atoms with Gasteiger partial charge in [-0.15, -0.1) is 0 Å². The maximum atomic E-state index is 13.7. The molecule has 8 heteroatoms. The molecule has 0 aliphatic carbocycles. The largest absolute Gasteiger partial charge is 0.478 e. The van der Waals surface area contributed by atoms with E-state index in [1.807, 2.05) is 0 Å². The van der Waals surface area contributed by atoms with E-state index in [1.165, 1.54) is 48.5 Å². The summed E-state index contributed by atoms with van der Waals surface area (Å²) in [6, 6.07) is 14.8. The first-order chi connectivity index (χ1) is 13.9. The van der Waals surface area contributed by atoms with Crippen molar-refractivity contribution in [3.05, 3.63) is 82.3 Å². The lowest BCUT2D eigenvalue weighted by Crippen LogP contribution is -2.14. The zero-order chi connectivity index (χ0) is 21.0. The Bertz CT molecular complexity index is 1180. The molecule has 0 saturated carbocycles. The molecule has 0 bridgehead atoms. The molecular weight excluding hydrogens is 399 g/mol. The summed E-state index contributed by atoms with van der Waals surface area (Å²) < 4.78 is 19.3. The molecule has 0 radical (unpaired) electrons. The molecule has 0 saturated heterocycles. The topological polar surface area (TPSA) is 103 Å². The van der Waals surface area contributed by atoms with E-state index in [2.05, 4.69) is 5.32 Å². The summed E-state index contributed by atoms with van der Waals surface area (Å²) in [6.07, 6.45) is 1.22. The third kappa shape index (κ3) is 4.51. The van der Waals surface area contributed by atoms with Gasteiger partial charge in [0.05, 0.1) is 16.3 Å². The van der Waals surface area contributed by atoms with E-state index in [9.17, 15) is 19.2 Å². The highest BCUT2D eigenvalue weighted by atomic mass is 35.5. The summed E-state index contributed by atoms with van der Waals surface area (Å²) in [5.74, 6) is -1.99. The second-order valence-corrected chi connectivity index (χ2v) is 6.21. The summed E-state index contributed by atoms with van der Waals surface area (Å²) in [6.45, 7) is 0. The number of hydrogen-bond acceptors (Lipinski definition) is 4. The van der Waals surface area contributed by atoms with Crippen molar-refractivity contribution in [2.24, 2.45) is 0 Å². The van der Waals surface area contributed by atoms with Crippen LogP contribution < -0.4 is 5.32 Å². The first-order valence-electron chi connectivity index (χ1n) is 8.20. The number of anilines is 1. The molecule has 1 heterocycles. The molecule has 1 amide bonds. The zero-order valence-corrected chi connectivity index (χ0v) is 15.4. The van der Waals surface area contributed by atoms with Crippen LogP contribution in [-0.4, -0.2) is 17.0 Å². The number of hydrogen-bond donors (Lipinski definition) is 2. The smallest absolute Gasteiger partial charge is 0.337 e. The Morgan fingerprint density at radius 2 is 1.93 bits per heavy atom. The molecule has 144 valence electrons. The molecule has 3 aromatic rings. The van der Waals surface area contributed by atoms with Crippen LogP contribution in [0.1, 0.15) is 16.1 Å². The minimum atomic E-state index is -1.15. The molecule has 0 unspecified atom stereocenters. The van der Waals surface area contributed by atoms with E-state index in [4.69, 9.17) is 21.1 Å². The molecule has 0 aliphatic rings. The summed E-state index contributed by atoms with van der Waals surface area (Å²) in [4.78, 5) is 23.3. The van der Waals surface area contributed by atoms with Gasteiger partial charge < -0.3 is 14.8 Å². The fourth-order valence-electron chi connectivity index (χ4n) is 2.47. The number of aromatic carboxylic acids is 1. The normalized spacial score (nSPS) is 11.0. The first-order valence-corrected chi connectivity index (χ1v) is 8.57. The van der Waals surface area contributed by atoms with Crippen molar-refractivity contribution >= 4 is 35.2 Å². The Hall–Kier alpha value is -3.89. The maximum Gasteiger partial charge on any atom is 0.337 e. The van der Waals surface area contributed by atoms with Gasteiger partial charge in [-0.3, -0.25) is 4.79 Å². The lowest BCUT2D eigenvalue weighted by atomic mass is 10.1. The van der Waals surface area contributed by atoms with E-state index in [1.54, 1.807) is 18.2 Å². The zero-order valence-electron chi connectivity index (χ0n) is 14.6. The minimum Gasteiger partial charge on any atom is -0.478 e. The highest BCUT2D eigenvalue weighted by Crippen LogP contribution is 2.28. The van der Waals surface area contributed by atoms with Crippen molar-refractivity contribution in [2.75, 3.05) is 5.32 Å². The molecule has 6 nitrogen and oxygen atoms in total. The van der Waals surface area contributed by atoms with Gasteiger partial charge in [0.1, 0.15) is 29.0 Å². The average Bonchev–Trinajstić information content (AvgIpc) is 3.16. The van der Waals surface area contributed by atoms with E-state index in [-0.39, 0.29) is 27.6 Å². The van der Waals surface area contributed by atoms with Crippen LogP contribution in [0.4, 0.5) is 10.1 Å². The predicted octanol–water partition coefficient (Wildman–Crippen LogP) is 4.98. The molecule has 29 heavy (non-hydrogen) atoms. The van der Waals surface area contributed by atoms with Gasteiger partial charge in [0.25, 0.3) is 5.91 Å². The number of para-hydroxylation sites is 1. The predicted molar refractivity (Wildman–Crippen MR) is 105 cm³/mol. The molecule has 0 fully saturated rings. The Labute approximate surface area is 169 Å². The van der Waals surface area contributed by atoms with Crippen molar-refractivity contribution in [2.45, 2.75) is 0 Å². The van der Waals surface area contributed by atoms with Crippen molar-refractivity contribution in [1.82, 2.24) is 0 Å². The van der Waals surface area contributed by atoms with Crippen molar-refractivity contribution < 1.29 is 23.5 Å². The van der Waals surface area contributed by atoms with E-state index >= 15 is 0 Å². The molecule has 3 rings (SSSR count). The Kier molecular flexibility index (Phi) is 5.77. The number of benzene rings is 2. The lowest BCUT2D eigenvalue weighted by molar-refractivity contribution is -0.112. The number of nitriles is 1. The molecule has 2 N–H and O–H groups in total. The number of nitrogens with zero attached hydrogens (tertiary/aromatic N) is 1. The lowest BCUT2D eigenvalue weighted by Gasteiger charge is -2.04. The van der Waals surface area contributed by atoms with Crippen LogP contribution in [0.3, 0.4) is 0 Å². The van der Waals surface area contributed by atoms with Gasteiger partial charge in [0.2, 0.25) is 0 Å². The molecule has 1 aromatic heterocycles. The number of carboxylic acids is 1. The van der Waals surface area contributed by atoms with Crippen LogP contribution in [0.5, 0.6) is 0 Å². The van der Waals surface area contributed by atoms with E-state index < -0.39 is 17.7 Å². The summed E-state index contributed by atoms with van der Waals surface area (Å²) in [5.41, 5.74) is 0.146. The third-order valence-corrected chi connectivity index (χ3v) is 4.20. The van der Waals surface area contributed by atoms with Crippen LogP contribution in [0.15, 0.2) is 64.6 Å².